The Bertz CT molecular complexity index is 1570. The number of amides is 1. The molecule has 3 heterocycles. The molecule has 2 aromatic carbocycles. The predicted molar refractivity (Wildman–Crippen MR) is 184 cm³/mol. The zero-order valence-corrected chi connectivity index (χ0v) is 28.7. The molecule has 11 nitrogen and oxygen atoms in total. The second kappa shape index (κ2) is 15.5. The maximum Gasteiger partial charge on any atom is 0.421 e. The van der Waals surface area contributed by atoms with Gasteiger partial charge in [0.05, 0.1) is 44.3 Å². The lowest BCUT2D eigenvalue weighted by atomic mass is 10.0. The number of hydrogen-bond donors (Lipinski definition) is 2. The van der Waals surface area contributed by atoms with E-state index in [1.807, 2.05) is 59.8 Å². The molecule has 0 radical (unpaired) electrons. The Balaban J connectivity index is 1.29. The van der Waals surface area contributed by atoms with Crippen molar-refractivity contribution in [3.8, 4) is 5.75 Å². The Hall–Kier alpha value is -3.95. The number of carbonyl (C=O) groups is 1. The van der Waals surface area contributed by atoms with Gasteiger partial charge < -0.3 is 34.2 Å². The van der Waals surface area contributed by atoms with E-state index in [4.69, 9.17) is 9.47 Å². The number of methoxy groups -OCH3 is 1. The molecule has 2 aliphatic rings. The largest absolute Gasteiger partial charge is 0.494 e. The first kappa shape index (κ1) is 35.4. The lowest BCUT2D eigenvalue weighted by Gasteiger charge is -2.37. The number of carbonyl (C=O) groups excluding carboxylic acids is 1. The van der Waals surface area contributed by atoms with E-state index in [0.29, 0.717) is 44.3 Å². The summed E-state index contributed by atoms with van der Waals surface area (Å²) in [7, 11) is 3.45. The molecule has 3 aromatic rings. The van der Waals surface area contributed by atoms with Gasteiger partial charge in [0.2, 0.25) is 11.9 Å². The Morgan fingerprint density at radius 3 is 2.50 bits per heavy atom. The van der Waals surface area contributed by atoms with Crippen LogP contribution in [-0.4, -0.2) is 105 Å². The van der Waals surface area contributed by atoms with E-state index < -0.39 is 17.8 Å². The van der Waals surface area contributed by atoms with Crippen LogP contribution in [0.2, 0.25) is 0 Å². The number of nitrogens with one attached hydrogen (secondary N) is 2. The van der Waals surface area contributed by atoms with Crippen LogP contribution in [0.5, 0.6) is 5.75 Å². The molecule has 0 spiro atoms. The van der Waals surface area contributed by atoms with Gasteiger partial charge in [-0.3, -0.25) is 9.69 Å². The molecule has 1 aromatic heterocycles. The van der Waals surface area contributed by atoms with Crippen molar-refractivity contribution in [1.29, 1.82) is 0 Å². The highest BCUT2D eigenvalue weighted by Gasteiger charge is 2.36. The summed E-state index contributed by atoms with van der Waals surface area (Å²) in [6.45, 7) is 9.56. The summed E-state index contributed by atoms with van der Waals surface area (Å²) in [6.07, 6.45) is -1.93. The Labute approximate surface area is 283 Å². The molecule has 2 N–H and O–H groups in total. The van der Waals surface area contributed by atoms with Crippen LogP contribution in [0, 0.1) is 6.92 Å². The smallest absolute Gasteiger partial charge is 0.421 e. The van der Waals surface area contributed by atoms with Gasteiger partial charge in [0.1, 0.15) is 17.1 Å². The second-order valence-corrected chi connectivity index (χ2v) is 12.7. The minimum Gasteiger partial charge on any atom is -0.494 e. The molecule has 260 valence electrons. The van der Waals surface area contributed by atoms with E-state index in [2.05, 4.69) is 30.4 Å². The van der Waals surface area contributed by atoms with Gasteiger partial charge in [-0.1, -0.05) is 24.1 Å². The summed E-state index contributed by atoms with van der Waals surface area (Å²) in [4.78, 5) is 27.2. The fraction of sp³-hybridized carbons (Fsp3) is 0.485. The summed E-state index contributed by atoms with van der Waals surface area (Å²) in [5.74, 6) is 0.289. The highest BCUT2D eigenvalue weighted by molar-refractivity contribution is 7.99. The average molecular weight is 689 g/mol. The SMILES string of the molecule is COc1cc(N2CCN(CC(=O)N3CCOCC3)CC2)ccc1Nc1ncc(C(F)(F)F)c(NC(C)c2ccc(C)cc2N(C)SC)n1. The minimum absolute atomic E-state index is 0.00680. The van der Waals surface area contributed by atoms with Crippen LogP contribution < -0.4 is 24.6 Å². The summed E-state index contributed by atoms with van der Waals surface area (Å²) >= 11 is 1.51. The van der Waals surface area contributed by atoms with Gasteiger partial charge in [-0.25, -0.2) is 4.98 Å². The quantitative estimate of drug-likeness (QED) is 0.253. The van der Waals surface area contributed by atoms with E-state index in [1.54, 1.807) is 13.0 Å². The molecule has 1 unspecified atom stereocenters. The lowest BCUT2D eigenvalue weighted by Crippen LogP contribution is -2.51. The first-order valence-electron chi connectivity index (χ1n) is 15.8. The lowest BCUT2D eigenvalue weighted by molar-refractivity contribution is -0.137. The van der Waals surface area contributed by atoms with Crippen LogP contribution in [0.4, 0.5) is 42.0 Å². The maximum absolute atomic E-state index is 14.1. The Morgan fingerprint density at radius 2 is 1.83 bits per heavy atom. The number of piperazine rings is 1. The van der Waals surface area contributed by atoms with Gasteiger partial charge in [-0.2, -0.15) is 18.2 Å². The van der Waals surface area contributed by atoms with Crippen molar-refractivity contribution in [1.82, 2.24) is 19.8 Å². The van der Waals surface area contributed by atoms with Crippen LogP contribution in [0.1, 0.15) is 29.7 Å². The third kappa shape index (κ3) is 8.55. The number of morpholine rings is 1. The number of hydrogen-bond acceptors (Lipinski definition) is 11. The van der Waals surface area contributed by atoms with Crippen LogP contribution in [0.15, 0.2) is 42.6 Å². The van der Waals surface area contributed by atoms with Crippen LogP contribution in [0.25, 0.3) is 0 Å². The Kier molecular flexibility index (Phi) is 11.4. The number of aryl methyl sites for hydroxylation is 1. The predicted octanol–water partition coefficient (Wildman–Crippen LogP) is 5.42. The molecular weight excluding hydrogens is 645 g/mol. The number of ether oxygens (including phenoxy) is 2. The number of benzene rings is 2. The fourth-order valence-electron chi connectivity index (χ4n) is 5.80. The number of halogens is 3. The van der Waals surface area contributed by atoms with Gasteiger partial charge in [-0.05, 0) is 43.2 Å². The Morgan fingerprint density at radius 1 is 1.10 bits per heavy atom. The fourth-order valence-corrected chi connectivity index (χ4v) is 6.16. The van der Waals surface area contributed by atoms with Gasteiger partial charge in [-0.15, -0.1) is 0 Å². The highest BCUT2D eigenvalue weighted by atomic mass is 32.2. The molecule has 0 aliphatic carbocycles. The van der Waals surface area contributed by atoms with Crippen molar-refractivity contribution in [2.24, 2.45) is 0 Å². The summed E-state index contributed by atoms with van der Waals surface area (Å²) in [6, 6.07) is 11.0. The van der Waals surface area contributed by atoms with Gasteiger partial charge in [0, 0.05) is 70.5 Å². The molecule has 2 saturated heterocycles. The minimum atomic E-state index is -4.66. The molecule has 1 amide bonds. The van der Waals surface area contributed by atoms with Gasteiger partial charge >= 0.3 is 6.18 Å². The van der Waals surface area contributed by atoms with Crippen molar-refractivity contribution >= 4 is 46.7 Å². The number of alkyl halides is 3. The molecule has 1 atom stereocenters. The van der Waals surface area contributed by atoms with Crippen molar-refractivity contribution < 1.29 is 27.4 Å². The maximum atomic E-state index is 14.1. The topological polar surface area (TPSA) is 98.3 Å². The van der Waals surface area contributed by atoms with E-state index >= 15 is 0 Å². The first-order valence-corrected chi connectivity index (χ1v) is 17.0. The molecule has 0 bridgehead atoms. The van der Waals surface area contributed by atoms with E-state index in [1.165, 1.54) is 19.1 Å². The standard InChI is InChI=1S/C33H43F3N8O3S/c1-22-6-8-25(28(18-22)41(3)48-5)23(2)38-31-26(33(34,35)36)20-37-32(40-31)39-27-9-7-24(19-29(27)46-4)43-12-10-42(11-13-43)21-30(45)44-14-16-47-17-15-44/h6-9,18-20,23H,10-17,21H2,1-5H3,(H2,37,38,39,40). The molecular formula is C33H43F3N8O3S. The molecule has 48 heavy (non-hydrogen) atoms. The molecule has 15 heteroatoms. The van der Waals surface area contributed by atoms with Crippen molar-refractivity contribution in [2.45, 2.75) is 26.1 Å². The van der Waals surface area contributed by atoms with Crippen molar-refractivity contribution in [3.63, 3.8) is 0 Å². The van der Waals surface area contributed by atoms with E-state index in [9.17, 15) is 18.0 Å². The van der Waals surface area contributed by atoms with Crippen LogP contribution >= 0.6 is 11.9 Å². The summed E-state index contributed by atoms with van der Waals surface area (Å²) in [5, 5.41) is 6.04. The molecule has 2 fully saturated rings. The zero-order chi connectivity index (χ0) is 34.4. The molecule has 2 aliphatic heterocycles. The van der Waals surface area contributed by atoms with Gasteiger partial charge in [0.15, 0.2) is 0 Å². The number of rotatable bonds is 11. The number of anilines is 5. The number of aromatic nitrogens is 2. The van der Waals surface area contributed by atoms with E-state index in [-0.39, 0.29) is 17.7 Å². The summed E-state index contributed by atoms with van der Waals surface area (Å²) in [5.41, 5.74) is 3.27. The van der Waals surface area contributed by atoms with Crippen LogP contribution in [0.3, 0.4) is 0 Å². The van der Waals surface area contributed by atoms with Crippen LogP contribution in [-0.2, 0) is 15.7 Å². The normalized spacial score (nSPS) is 16.4. The molecule has 0 saturated carbocycles. The van der Waals surface area contributed by atoms with Crippen molar-refractivity contribution in [2.75, 3.05) is 99.3 Å². The summed E-state index contributed by atoms with van der Waals surface area (Å²) < 4.78 is 55.2. The van der Waals surface area contributed by atoms with Crippen molar-refractivity contribution in [3.05, 3.63) is 59.3 Å². The molecule has 5 rings (SSSR count). The number of nitrogens with zero attached hydrogens (tertiary/aromatic N) is 6. The van der Waals surface area contributed by atoms with Gasteiger partial charge in [0.25, 0.3) is 0 Å². The first-order chi connectivity index (χ1) is 23.0. The third-order valence-corrected chi connectivity index (χ3v) is 9.35. The second-order valence-electron chi connectivity index (χ2n) is 11.8. The monoisotopic (exact) mass is 688 g/mol. The highest BCUT2D eigenvalue weighted by Crippen LogP contribution is 2.38. The van der Waals surface area contributed by atoms with E-state index in [0.717, 1.165) is 54.9 Å². The third-order valence-electron chi connectivity index (χ3n) is 8.60. The average Bonchev–Trinajstić information content (AvgIpc) is 3.08. The zero-order valence-electron chi connectivity index (χ0n) is 27.9.